The SMILES string of the molecule is Cc1cc(Nc2cc(-c3cnn4cc(C#N)cnc34)ncc2C(=O)NCC(F)C(C)C)n(C)n1. The maximum absolute atomic E-state index is 14.1. The summed E-state index contributed by atoms with van der Waals surface area (Å²) in [6.07, 6.45) is 4.91. The molecule has 11 heteroatoms. The molecular weight excluding hydrogens is 437 g/mol. The zero-order valence-corrected chi connectivity index (χ0v) is 19.2. The minimum absolute atomic E-state index is 0.0955. The normalized spacial score (nSPS) is 12.0. The number of nitrogens with zero attached hydrogens (tertiary/aromatic N) is 7. The van der Waals surface area contributed by atoms with Crippen molar-refractivity contribution in [1.29, 1.82) is 5.26 Å². The molecule has 1 amide bonds. The molecular formula is C23H24FN9O. The molecule has 0 bridgehead atoms. The molecule has 0 aliphatic rings. The molecule has 4 aromatic rings. The summed E-state index contributed by atoms with van der Waals surface area (Å²) in [5.74, 6) is 0.0202. The number of hydrogen-bond donors (Lipinski definition) is 2. The summed E-state index contributed by atoms with van der Waals surface area (Å²) >= 11 is 0. The van der Waals surface area contributed by atoms with Crippen LogP contribution in [0.1, 0.15) is 35.5 Å². The van der Waals surface area contributed by atoms with E-state index in [2.05, 4.69) is 30.8 Å². The first-order valence-corrected chi connectivity index (χ1v) is 10.7. The lowest BCUT2D eigenvalue weighted by molar-refractivity contribution is 0.0935. The number of pyridine rings is 1. The molecule has 0 aliphatic heterocycles. The van der Waals surface area contributed by atoms with Crippen molar-refractivity contribution in [2.24, 2.45) is 13.0 Å². The molecule has 0 saturated carbocycles. The summed E-state index contributed by atoms with van der Waals surface area (Å²) in [6.45, 7) is 5.29. The Bertz CT molecular complexity index is 1400. The van der Waals surface area contributed by atoms with E-state index in [0.29, 0.717) is 34.0 Å². The summed E-state index contributed by atoms with van der Waals surface area (Å²) < 4.78 is 17.2. The molecule has 34 heavy (non-hydrogen) atoms. The summed E-state index contributed by atoms with van der Waals surface area (Å²) in [7, 11) is 1.79. The van der Waals surface area contributed by atoms with E-state index < -0.39 is 12.1 Å². The number of carbonyl (C=O) groups is 1. The molecule has 1 atom stereocenters. The minimum atomic E-state index is -1.16. The van der Waals surface area contributed by atoms with Gasteiger partial charge < -0.3 is 10.6 Å². The van der Waals surface area contributed by atoms with Crippen molar-refractivity contribution in [2.75, 3.05) is 11.9 Å². The number of alkyl halides is 1. The van der Waals surface area contributed by atoms with Gasteiger partial charge in [0.25, 0.3) is 5.91 Å². The Morgan fingerprint density at radius 3 is 2.71 bits per heavy atom. The highest BCUT2D eigenvalue weighted by Gasteiger charge is 2.19. The average molecular weight is 462 g/mol. The third-order valence-corrected chi connectivity index (χ3v) is 5.36. The van der Waals surface area contributed by atoms with Crippen LogP contribution in [0.2, 0.25) is 0 Å². The number of carbonyl (C=O) groups excluding carboxylic acids is 1. The fraction of sp³-hybridized carbons (Fsp3) is 0.304. The topological polar surface area (TPSA) is 126 Å². The van der Waals surface area contributed by atoms with Gasteiger partial charge in [-0.2, -0.15) is 15.5 Å². The fourth-order valence-electron chi connectivity index (χ4n) is 3.39. The molecule has 4 aromatic heterocycles. The van der Waals surface area contributed by atoms with Crippen LogP contribution in [-0.2, 0) is 7.05 Å². The summed E-state index contributed by atoms with van der Waals surface area (Å²) in [5, 5.41) is 23.6. The molecule has 4 rings (SSSR count). The molecule has 10 nitrogen and oxygen atoms in total. The number of aromatic nitrogens is 6. The molecule has 0 aliphatic carbocycles. The van der Waals surface area contributed by atoms with Gasteiger partial charge in [0.2, 0.25) is 0 Å². The van der Waals surface area contributed by atoms with Crippen molar-refractivity contribution < 1.29 is 9.18 Å². The molecule has 0 saturated heterocycles. The van der Waals surface area contributed by atoms with Crippen LogP contribution < -0.4 is 10.6 Å². The summed E-state index contributed by atoms with van der Waals surface area (Å²) in [6, 6.07) is 5.59. The van der Waals surface area contributed by atoms with Gasteiger partial charge in [0.15, 0.2) is 5.65 Å². The second-order valence-electron chi connectivity index (χ2n) is 8.29. The lowest BCUT2D eigenvalue weighted by Crippen LogP contribution is -2.33. The Kier molecular flexibility index (Phi) is 6.23. The van der Waals surface area contributed by atoms with Gasteiger partial charge in [-0.15, -0.1) is 0 Å². The molecule has 0 spiro atoms. The molecule has 0 fully saturated rings. The van der Waals surface area contributed by atoms with Crippen molar-refractivity contribution in [3.8, 4) is 17.3 Å². The minimum Gasteiger partial charge on any atom is -0.349 e. The Balaban J connectivity index is 1.73. The second-order valence-corrected chi connectivity index (χ2v) is 8.29. The first-order valence-electron chi connectivity index (χ1n) is 10.7. The van der Waals surface area contributed by atoms with Gasteiger partial charge in [0, 0.05) is 32.1 Å². The number of fused-ring (bicyclic) bond motifs is 1. The molecule has 2 N–H and O–H groups in total. The quantitative estimate of drug-likeness (QED) is 0.433. The number of halogens is 1. The third-order valence-electron chi connectivity index (χ3n) is 5.36. The monoisotopic (exact) mass is 461 g/mol. The molecule has 0 radical (unpaired) electrons. The van der Waals surface area contributed by atoms with Crippen molar-refractivity contribution in [3.63, 3.8) is 0 Å². The standard InChI is InChI=1S/C23H24FN9O/c1-13(2)18(24)11-28-23(34)17-9-26-19(6-20(17)30-21-5-14(3)31-32(21)4)16-10-29-33-12-15(7-25)8-27-22(16)33/h5-6,8-10,12-13,18H,11H2,1-4H3,(H,26,30)(H,28,34). The van der Waals surface area contributed by atoms with Crippen LogP contribution in [0.15, 0.2) is 36.9 Å². The first kappa shape index (κ1) is 22.8. The maximum atomic E-state index is 14.1. The van der Waals surface area contributed by atoms with Crippen LogP contribution >= 0.6 is 0 Å². The Morgan fingerprint density at radius 2 is 2.03 bits per heavy atom. The second kappa shape index (κ2) is 9.27. The third kappa shape index (κ3) is 4.56. The zero-order valence-electron chi connectivity index (χ0n) is 19.2. The van der Waals surface area contributed by atoms with Crippen LogP contribution in [0, 0.1) is 24.2 Å². The number of anilines is 2. The average Bonchev–Trinajstić information content (AvgIpc) is 3.38. The van der Waals surface area contributed by atoms with Crippen molar-refractivity contribution in [3.05, 3.63) is 53.7 Å². The van der Waals surface area contributed by atoms with E-state index in [-0.39, 0.29) is 18.0 Å². The highest BCUT2D eigenvalue weighted by molar-refractivity contribution is 6.00. The van der Waals surface area contributed by atoms with E-state index in [9.17, 15) is 9.18 Å². The molecule has 4 heterocycles. The predicted octanol–water partition coefficient (Wildman–Crippen LogP) is 3.17. The van der Waals surface area contributed by atoms with Crippen LogP contribution in [0.4, 0.5) is 15.9 Å². The number of rotatable bonds is 7. The van der Waals surface area contributed by atoms with Gasteiger partial charge in [-0.05, 0) is 18.9 Å². The van der Waals surface area contributed by atoms with Gasteiger partial charge in [-0.25, -0.2) is 13.9 Å². The first-order chi connectivity index (χ1) is 16.3. The van der Waals surface area contributed by atoms with Gasteiger partial charge in [0.05, 0.1) is 46.2 Å². The lowest BCUT2D eigenvalue weighted by atomic mass is 10.1. The largest absolute Gasteiger partial charge is 0.349 e. The van der Waals surface area contributed by atoms with Crippen LogP contribution in [-0.4, -0.2) is 48.0 Å². The Hall–Kier alpha value is -4.33. The number of nitrogens with one attached hydrogen (secondary N) is 2. The molecule has 174 valence electrons. The van der Waals surface area contributed by atoms with Gasteiger partial charge in [0.1, 0.15) is 18.1 Å². The summed E-state index contributed by atoms with van der Waals surface area (Å²) in [5.41, 5.74) is 3.59. The van der Waals surface area contributed by atoms with E-state index in [4.69, 9.17) is 5.26 Å². The highest BCUT2D eigenvalue weighted by atomic mass is 19.1. The van der Waals surface area contributed by atoms with Crippen molar-refractivity contribution in [2.45, 2.75) is 26.9 Å². The van der Waals surface area contributed by atoms with Gasteiger partial charge in [-0.1, -0.05) is 13.8 Å². The number of hydrogen-bond acceptors (Lipinski definition) is 7. The van der Waals surface area contributed by atoms with E-state index in [1.165, 1.54) is 16.9 Å². The highest BCUT2D eigenvalue weighted by Crippen LogP contribution is 2.28. The van der Waals surface area contributed by atoms with Crippen molar-refractivity contribution >= 4 is 23.1 Å². The number of nitriles is 1. The Morgan fingerprint density at radius 1 is 1.24 bits per heavy atom. The van der Waals surface area contributed by atoms with Gasteiger partial charge >= 0.3 is 0 Å². The lowest BCUT2D eigenvalue weighted by Gasteiger charge is -2.16. The van der Waals surface area contributed by atoms with Gasteiger partial charge in [-0.3, -0.25) is 14.5 Å². The van der Waals surface area contributed by atoms with E-state index in [1.54, 1.807) is 44.0 Å². The number of aryl methyl sites for hydroxylation is 2. The van der Waals surface area contributed by atoms with Crippen LogP contribution in [0.5, 0.6) is 0 Å². The summed E-state index contributed by atoms with van der Waals surface area (Å²) in [4.78, 5) is 21.7. The van der Waals surface area contributed by atoms with Crippen molar-refractivity contribution in [1.82, 2.24) is 34.7 Å². The smallest absolute Gasteiger partial charge is 0.255 e. The molecule has 1 unspecified atom stereocenters. The predicted molar refractivity (Wildman–Crippen MR) is 124 cm³/mol. The number of amides is 1. The van der Waals surface area contributed by atoms with E-state index in [0.717, 1.165) is 5.69 Å². The van der Waals surface area contributed by atoms with E-state index in [1.807, 2.05) is 19.1 Å². The fourth-order valence-corrected chi connectivity index (χ4v) is 3.39. The van der Waals surface area contributed by atoms with E-state index >= 15 is 0 Å². The molecule has 0 aromatic carbocycles. The van der Waals surface area contributed by atoms with Crippen LogP contribution in [0.3, 0.4) is 0 Å². The zero-order chi connectivity index (χ0) is 24.4. The maximum Gasteiger partial charge on any atom is 0.255 e. The Labute approximate surface area is 195 Å². The van der Waals surface area contributed by atoms with Crippen LogP contribution in [0.25, 0.3) is 16.9 Å².